The smallest absolute Gasteiger partial charge is 0.410 e. The topological polar surface area (TPSA) is 108 Å². The predicted octanol–water partition coefficient (Wildman–Crippen LogP) is 4.99. The molecule has 3 aromatic rings. The summed E-state index contributed by atoms with van der Waals surface area (Å²) in [4.78, 5) is 26.8. The third-order valence-corrected chi connectivity index (χ3v) is 6.29. The maximum atomic E-state index is 14.9. The van der Waals surface area contributed by atoms with Crippen LogP contribution in [0.25, 0.3) is 11.0 Å². The first-order valence-electron chi connectivity index (χ1n) is 12.9. The number of carbonyl (C=O) groups is 1. The first-order valence-corrected chi connectivity index (χ1v) is 12.9. The minimum Gasteiger partial charge on any atom is -0.488 e. The molecule has 2 atom stereocenters. The van der Waals surface area contributed by atoms with E-state index in [1.54, 1.807) is 17.0 Å². The fourth-order valence-electron chi connectivity index (χ4n) is 4.39. The number of fused-ring (bicyclic) bond motifs is 1. The normalized spacial score (nSPS) is 19.4. The number of aromatic nitrogens is 3. The molecule has 1 amide bonds. The highest BCUT2D eigenvalue weighted by molar-refractivity contribution is 5.87. The minimum atomic E-state index is -1.11. The molecule has 2 fully saturated rings. The molecule has 0 bridgehead atoms. The van der Waals surface area contributed by atoms with Crippen molar-refractivity contribution in [2.75, 3.05) is 31.6 Å². The molecule has 5 rings (SSSR count). The summed E-state index contributed by atoms with van der Waals surface area (Å²) in [7, 11) is 0. The Hall–Kier alpha value is -3.80. The number of ether oxygens (including phenoxy) is 4. The molecule has 4 heterocycles. The lowest BCUT2D eigenvalue weighted by Gasteiger charge is -2.24. The van der Waals surface area contributed by atoms with Crippen LogP contribution in [0.15, 0.2) is 30.6 Å². The van der Waals surface area contributed by atoms with E-state index in [0.29, 0.717) is 43.0 Å². The number of hydrogen-bond donors (Lipinski definition) is 1. The number of hydrogen-bond acceptors (Lipinski definition) is 9. The molecular weight excluding hydrogens is 512 g/mol. The molecular formula is C27H31F2N5O5. The van der Waals surface area contributed by atoms with Gasteiger partial charge in [-0.1, -0.05) is 0 Å². The van der Waals surface area contributed by atoms with E-state index in [1.807, 2.05) is 20.8 Å². The second kappa shape index (κ2) is 11.1. The van der Waals surface area contributed by atoms with E-state index >= 15 is 0 Å². The molecule has 0 saturated carbocycles. The summed E-state index contributed by atoms with van der Waals surface area (Å²) < 4.78 is 52.0. The SMILES string of the molecule is CC(C)(C)OC(=O)N1CC[C@H](Oc2ccc3ncnc(Nc4ccc(OC[C@@H]5CCCO5)c(F)c4F)c3n2)C1. The molecule has 1 aromatic carbocycles. The highest BCUT2D eigenvalue weighted by Gasteiger charge is 2.31. The Morgan fingerprint density at radius 1 is 1.15 bits per heavy atom. The Morgan fingerprint density at radius 3 is 2.77 bits per heavy atom. The average molecular weight is 544 g/mol. The zero-order valence-corrected chi connectivity index (χ0v) is 22.1. The zero-order chi connectivity index (χ0) is 27.6. The van der Waals surface area contributed by atoms with Crippen LogP contribution in [0.2, 0.25) is 0 Å². The van der Waals surface area contributed by atoms with Crippen molar-refractivity contribution in [3.05, 3.63) is 42.2 Å². The molecule has 0 aliphatic carbocycles. The van der Waals surface area contributed by atoms with Crippen LogP contribution in [0.1, 0.15) is 40.0 Å². The summed E-state index contributed by atoms with van der Waals surface area (Å²) in [5.41, 5.74) is 0.0860. The van der Waals surface area contributed by atoms with E-state index in [1.165, 1.54) is 18.5 Å². The molecule has 208 valence electrons. The van der Waals surface area contributed by atoms with Crippen molar-refractivity contribution < 1.29 is 32.5 Å². The van der Waals surface area contributed by atoms with Crippen LogP contribution in [0.3, 0.4) is 0 Å². The summed E-state index contributed by atoms with van der Waals surface area (Å²) in [6, 6.07) is 6.10. The minimum absolute atomic E-state index is 0.121. The van der Waals surface area contributed by atoms with Gasteiger partial charge in [0.1, 0.15) is 30.2 Å². The summed E-state index contributed by atoms with van der Waals surface area (Å²) in [5.74, 6) is -1.93. The number of nitrogens with zero attached hydrogens (tertiary/aromatic N) is 4. The molecule has 39 heavy (non-hydrogen) atoms. The van der Waals surface area contributed by atoms with Gasteiger partial charge in [-0.2, -0.15) is 4.39 Å². The molecule has 2 aliphatic heterocycles. The van der Waals surface area contributed by atoms with E-state index in [0.717, 1.165) is 12.8 Å². The van der Waals surface area contributed by atoms with Crippen LogP contribution >= 0.6 is 0 Å². The molecule has 0 spiro atoms. The van der Waals surface area contributed by atoms with Crippen molar-refractivity contribution in [1.29, 1.82) is 0 Å². The molecule has 2 aromatic heterocycles. The van der Waals surface area contributed by atoms with Gasteiger partial charge in [0.05, 0.1) is 23.9 Å². The maximum absolute atomic E-state index is 14.9. The third-order valence-electron chi connectivity index (χ3n) is 6.29. The van der Waals surface area contributed by atoms with Crippen molar-refractivity contribution in [3.8, 4) is 11.6 Å². The van der Waals surface area contributed by atoms with Crippen LogP contribution in [0.5, 0.6) is 11.6 Å². The third kappa shape index (κ3) is 6.44. The Kier molecular flexibility index (Phi) is 7.65. The van der Waals surface area contributed by atoms with Gasteiger partial charge in [-0.25, -0.2) is 24.1 Å². The number of rotatable bonds is 7. The lowest BCUT2D eigenvalue weighted by Crippen LogP contribution is -2.36. The van der Waals surface area contributed by atoms with Gasteiger partial charge >= 0.3 is 6.09 Å². The van der Waals surface area contributed by atoms with Crippen molar-refractivity contribution in [2.24, 2.45) is 0 Å². The highest BCUT2D eigenvalue weighted by Crippen LogP contribution is 2.31. The Bertz CT molecular complexity index is 1350. The number of likely N-dealkylation sites (tertiary alicyclic amines) is 1. The number of halogens is 2. The maximum Gasteiger partial charge on any atom is 0.410 e. The molecule has 0 unspecified atom stereocenters. The van der Waals surface area contributed by atoms with Crippen LogP contribution in [-0.2, 0) is 9.47 Å². The second-order valence-corrected chi connectivity index (χ2v) is 10.5. The van der Waals surface area contributed by atoms with Crippen molar-refractivity contribution in [3.63, 3.8) is 0 Å². The van der Waals surface area contributed by atoms with Crippen LogP contribution in [0, 0.1) is 11.6 Å². The summed E-state index contributed by atoms with van der Waals surface area (Å²) in [5, 5.41) is 2.81. The molecule has 10 nitrogen and oxygen atoms in total. The monoisotopic (exact) mass is 543 g/mol. The average Bonchev–Trinajstić information content (AvgIpc) is 3.58. The molecule has 0 radical (unpaired) electrons. The van der Waals surface area contributed by atoms with E-state index < -0.39 is 23.3 Å². The standard InChI is InChI=1S/C27H31F2N5O5/c1-27(2,3)39-26(35)34-11-10-16(13-34)38-21-9-7-19-24(33-21)25(31-15-30-19)32-18-6-8-20(23(29)22(18)28)37-14-17-5-4-12-36-17/h6-9,15-17H,4-5,10-14H2,1-3H3,(H,30,31,32)/t16-,17-/m0/s1. The Balaban J connectivity index is 1.28. The van der Waals surface area contributed by atoms with E-state index in [-0.39, 0.29) is 36.1 Å². The quantitative estimate of drug-likeness (QED) is 0.441. The predicted molar refractivity (Wildman–Crippen MR) is 138 cm³/mol. The Morgan fingerprint density at radius 2 is 2.00 bits per heavy atom. The van der Waals surface area contributed by atoms with E-state index in [2.05, 4.69) is 20.3 Å². The lowest BCUT2D eigenvalue weighted by atomic mass is 10.2. The van der Waals surface area contributed by atoms with Gasteiger partial charge in [-0.3, -0.25) is 0 Å². The first-order chi connectivity index (χ1) is 18.7. The summed E-state index contributed by atoms with van der Waals surface area (Å²) >= 11 is 0. The number of anilines is 2. The number of amides is 1. The lowest BCUT2D eigenvalue weighted by molar-refractivity contribution is 0.0275. The summed E-state index contributed by atoms with van der Waals surface area (Å²) in [6.07, 6.45) is 2.87. The fraction of sp³-hybridized carbons (Fsp3) is 0.481. The highest BCUT2D eigenvalue weighted by atomic mass is 19.2. The second-order valence-electron chi connectivity index (χ2n) is 10.5. The number of nitrogens with one attached hydrogen (secondary N) is 1. The number of pyridine rings is 1. The van der Waals surface area contributed by atoms with Gasteiger partial charge < -0.3 is 29.2 Å². The molecule has 12 heteroatoms. The molecule has 1 N–H and O–H groups in total. The van der Waals surface area contributed by atoms with Crippen LogP contribution in [0.4, 0.5) is 25.1 Å². The largest absolute Gasteiger partial charge is 0.488 e. The fourth-order valence-corrected chi connectivity index (χ4v) is 4.39. The number of benzene rings is 1. The van der Waals surface area contributed by atoms with Gasteiger partial charge in [0.25, 0.3) is 0 Å². The van der Waals surface area contributed by atoms with E-state index in [9.17, 15) is 13.6 Å². The van der Waals surface area contributed by atoms with Gasteiger partial charge in [-0.05, 0) is 51.8 Å². The van der Waals surface area contributed by atoms with Crippen LogP contribution < -0.4 is 14.8 Å². The van der Waals surface area contributed by atoms with Crippen molar-refractivity contribution in [1.82, 2.24) is 19.9 Å². The zero-order valence-electron chi connectivity index (χ0n) is 22.1. The molecule has 2 aliphatic rings. The van der Waals surface area contributed by atoms with Gasteiger partial charge in [0.2, 0.25) is 11.7 Å². The molecule has 2 saturated heterocycles. The van der Waals surface area contributed by atoms with Crippen LogP contribution in [-0.4, -0.2) is 70.1 Å². The van der Waals surface area contributed by atoms with Crippen molar-refractivity contribution >= 4 is 28.6 Å². The van der Waals surface area contributed by atoms with E-state index in [4.69, 9.17) is 18.9 Å². The Labute approximate surface area is 224 Å². The number of carbonyl (C=O) groups excluding carboxylic acids is 1. The van der Waals surface area contributed by atoms with Gasteiger partial charge in [-0.15, -0.1) is 0 Å². The summed E-state index contributed by atoms with van der Waals surface area (Å²) in [6.45, 7) is 7.11. The van der Waals surface area contributed by atoms with Crippen molar-refractivity contribution in [2.45, 2.75) is 57.8 Å². The van der Waals surface area contributed by atoms with Gasteiger partial charge in [0, 0.05) is 25.6 Å². The first kappa shape index (κ1) is 26.8. The van der Waals surface area contributed by atoms with Gasteiger partial charge in [0.15, 0.2) is 17.4 Å².